The predicted molar refractivity (Wildman–Crippen MR) is 173 cm³/mol. The molecule has 0 aromatic heterocycles. The number of sulfonamides is 1. The SMILES string of the molecule is CCNC(=O)[C@H](Cc1ccccc1)N(Cc1ccccc1Cl)C(=O)CN(c1ccc(OCC)cc1)S(=O)(=O)c1ccccc1. The standard InChI is InChI=1S/C34H36ClN3O5S/c1-3-36-34(40)32(23-26-13-7-5-8-14-26)37(24-27-15-11-12-18-31(27)35)33(39)25-38(28-19-21-29(22-20-28)43-4-2)44(41,42)30-16-9-6-10-17-30/h5-22,32H,3-4,23-25H2,1-2H3,(H,36,40)/t32-/m0/s1. The van der Waals surface area contributed by atoms with E-state index in [1.54, 1.807) is 73.7 Å². The number of hydrogen-bond acceptors (Lipinski definition) is 5. The van der Waals surface area contributed by atoms with E-state index in [0.717, 1.165) is 9.87 Å². The molecule has 44 heavy (non-hydrogen) atoms. The molecule has 4 rings (SSSR count). The van der Waals surface area contributed by atoms with Crippen LogP contribution in [-0.2, 0) is 32.6 Å². The minimum atomic E-state index is -4.19. The molecule has 0 radical (unpaired) electrons. The zero-order chi connectivity index (χ0) is 31.5. The van der Waals surface area contributed by atoms with Gasteiger partial charge >= 0.3 is 0 Å². The summed E-state index contributed by atoms with van der Waals surface area (Å²) in [6.07, 6.45) is 0.220. The van der Waals surface area contributed by atoms with Gasteiger partial charge in [-0.25, -0.2) is 8.42 Å². The number of nitrogens with one attached hydrogen (secondary N) is 1. The number of benzene rings is 4. The highest BCUT2D eigenvalue weighted by Gasteiger charge is 2.34. The highest BCUT2D eigenvalue weighted by atomic mass is 35.5. The van der Waals surface area contributed by atoms with Gasteiger partial charge in [-0.2, -0.15) is 0 Å². The minimum Gasteiger partial charge on any atom is -0.494 e. The summed E-state index contributed by atoms with van der Waals surface area (Å²) in [7, 11) is -4.19. The normalized spacial score (nSPS) is 11.8. The van der Waals surface area contributed by atoms with Crippen molar-refractivity contribution in [1.82, 2.24) is 10.2 Å². The van der Waals surface area contributed by atoms with E-state index in [1.807, 2.05) is 37.3 Å². The van der Waals surface area contributed by atoms with Gasteiger partial charge in [-0.1, -0.05) is 78.3 Å². The number of halogens is 1. The summed E-state index contributed by atoms with van der Waals surface area (Å²) < 4.78 is 34.7. The van der Waals surface area contributed by atoms with Crippen LogP contribution in [0.5, 0.6) is 5.75 Å². The van der Waals surface area contributed by atoms with Crippen LogP contribution in [0.1, 0.15) is 25.0 Å². The van der Waals surface area contributed by atoms with Gasteiger partial charge in [0.15, 0.2) is 0 Å². The third-order valence-corrected chi connectivity index (χ3v) is 9.12. The molecular weight excluding hydrogens is 598 g/mol. The zero-order valence-corrected chi connectivity index (χ0v) is 26.3. The molecular formula is C34H36ClN3O5S. The van der Waals surface area contributed by atoms with Crippen LogP contribution in [0, 0.1) is 0 Å². The van der Waals surface area contributed by atoms with Crippen molar-refractivity contribution in [2.45, 2.75) is 37.8 Å². The van der Waals surface area contributed by atoms with Crippen LogP contribution in [0.4, 0.5) is 5.69 Å². The number of nitrogens with zero attached hydrogens (tertiary/aromatic N) is 2. The van der Waals surface area contributed by atoms with Crippen molar-refractivity contribution in [2.75, 3.05) is 24.0 Å². The first kappa shape index (κ1) is 32.6. The Morgan fingerprint density at radius 1 is 0.841 bits per heavy atom. The van der Waals surface area contributed by atoms with Crippen LogP contribution in [0.25, 0.3) is 0 Å². The fourth-order valence-electron chi connectivity index (χ4n) is 4.78. The molecule has 2 amide bonds. The van der Waals surface area contributed by atoms with Gasteiger partial charge in [0.25, 0.3) is 10.0 Å². The predicted octanol–water partition coefficient (Wildman–Crippen LogP) is 5.71. The van der Waals surface area contributed by atoms with Crippen molar-refractivity contribution in [1.29, 1.82) is 0 Å². The largest absolute Gasteiger partial charge is 0.494 e. The lowest BCUT2D eigenvalue weighted by molar-refractivity contribution is -0.140. The van der Waals surface area contributed by atoms with Crippen LogP contribution < -0.4 is 14.4 Å². The zero-order valence-electron chi connectivity index (χ0n) is 24.7. The maximum absolute atomic E-state index is 14.4. The number of hydrogen-bond donors (Lipinski definition) is 1. The van der Waals surface area contributed by atoms with Crippen molar-refractivity contribution in [3.8, 4) is 5.75 Å². The maximum atomic E-state index is 14.4. The quantitative estimate of drug-likeness (QED) is 0.192. The lowest BCUT2D eigenvalue weighted by Crippen LogP contribution is -2.53. The van der Waals surface area contributed by atoms with Crippen LogP contribution in [0.2, 0.25) is 5.02 Å². The lowest BCUT2D eigenvalue weighted by atomic mass is 10.0. The first-order chi connectivity index (χ1) is 21.2. The Morgan fingerprint density at radius 3 is 2.07 bits per heavy atom. The third-order valence-electron chi connectivity index (χ3n) is 6.97. The average Bonchev–Trinajstić information content (AvgIpc) is 3.04. The molecule has 10 heteroatoms. The molecule has 0 unspecified atom stereocenters. The number of anilines is 1. The monoisotopic (exact) mass is 633 g/mol. The molecule has 0 heterocycles. The maximum Gasteiger partial charge on any atom is 0.264 e. The summed E-state index contributed by atoms with van der Waals surface area (Å²) in [6, 6.07) is 30.0. The Hall–Kier alpha value is -4.34. The molecule has 4 aromatic rings. The fraction of sp³-hybridized carbons (Fsp3) is 0.235. The number of carbonyl (C=O) groups is 2. The van der Waals surface area contributed by atoms with Crippen LogP contribution in [0.15, 0.2) is 114 Å². The molecule has 0 aliphatic rings. The second-order valence-corrected chi connectivity index (χ2v) is 12.2. The fourth-order valence-corrected chi connectivity index (χ4v) is 6.41. The summed E-state index contributed by atoms with van der Waals surface area (Å²) in [4.78, 5) is 29.4. The summed E-state index contributed by atoms with van der Waals surface area (Å²) in [5.41, 5.74) is 1.75. The number of amides is 2. The first-order valence-corrected chi connectivity index (χ1v) is 16.2. The van der Waals surface area contributed by atoms with Crippen molar-refractivity contribution in [3.63, 3.8) is 0 Å². The minimum absolute atomic E-state index is 0.00432. The van der Waals surface area contributed by atoms with E-state index in [1.165, 1.54) is 17.0 Å². The van der Waals surface area contributed by atoms with Crippen LogP contribution in [-0.4, -0.2) is 50.9 Å². The van der Waals surface area contributed by atoms with Gasteiger partial charge < -0.3 is 15.0 Å². The van der Waals surface area contributed by atoms with Gasteiger partial charge in [0.2, 0.25) is 11.8 Å². The Labute approximate surface area is 264 Å². The molecule has 1 N–H and O–H groups in total. The van der Waals surface area contributed by atoms with Gasteiger partial charge in [-0.05, 0) is 67.4 Å². The second-order valence-electron chi connectivity index (χ2n) is 9.96. The van der Waals surface area contributed by atoms with E-state index in [2.05, 4.69) is 5.32 Å². The lowest BCUT2D eigenvalue weighted by Gasteiger charge is -2.34. The van der Waals surface area contributed by atoms with E-state index >= 15 is 0 Å². The molecule has 230 valence electrons. The average molecular weight is 634 g/mol. The molecule has 1 atom stereocenters. The van der Waals surface area contributed by atoms with Crippen molar-refractivity contribution in [2.24, 2.45) is 0 Å². The van der Waals surface area contributed by atoms with E-state index in [4.69, 9.17) is 16.3 Å². The van der Waals surface area contributed by atoms with E-state index in [9.17, 15) is 18.0 Å². The Morgan fingerprint density at radius 2 is 1.45 bits per heavy atom. The van der Waals surface area contributed by atoms with Crippen LogP contribution >= 0.6 is 11.6 Å². The number of likely N-dealkylation sites (N-methyl/N-ethyl adjacent to an activating group) is 1. The molecule has 0 saturated heterocycles. The third kappa shape index (κ3) is 8.18. The number of carbonyl (C=O) groups excluding carboxylic acids is 2. The van der Waals surface area contributed by atoms with Crippen molar-refractivity contribution < 1.29 is 22.7 Å². The van der Waals surface area contributed by atoms with Gasteiger partial charge in [-0.3, -0.25) is 13.9 Å². The van der Waals surface area contributed by atoms with Crippen molar-refractivity contribution in [3.05, 3.63) is 125 Å². The molecule has 0 spiro atoms. The van der Waals surface area contributed by atoms with Crippen LogP contribution in [0.3, 0.4) is 0 Å². The van der Waals surface area contributed by atoms with E-state index < -0.39 is 28.5 Å². The Kier molecular flexibility index (Phi) is 11.4. The Balaban J connectivity index is 1.79. The molecule has 0 aliphatic carbocycles. The molecule has 0 aliphatic heterocycles. The Bertz CT molecular complexity index is 1630. The van der Waals surface area contributed by atoms with Gasteiger partial charge in [0.05, 0.1) is 17.2 Å². The van der Waals surface area contributed by atoms with Crippen molar-refractivity contribution >= 4 is 39.1 Å². The topological polar surface area (TPSA) is 96.0 Å². The molecule has 0 fully saturated rings. The summed E-state index contributed by atoms with van der Waals surface area (Å²) in [5.74, 6) is -0.347. The van der Waals surface area contributed by atoms with Gasteiger partial charge in [0, 0.05) is 24.5 Å². The molecule has 0 bridgehead atoms. The first-order valence-electron chi connectivity index (χ1n) is 14.4. The van der Waals surface area contributed by atoms with E-state index in [0.29, 0.717) is 29.5 Å². The highest BCUT2D eigenvalue weighted by molar-refractivity contribution is 7.92. The smallest absolute Gasteiger partial charge is 0.264 e. The molecule has 8 nitrogen and oxygen atoms in total. The number of rotatable bonds is 14. The summed E-state index contributed by atoms with van der Waals surface area (Å²) >= 11 is 6.52. The summed E-state index contributed by atoms with van der Waals surface area (Å²) in [5, 5.41) is 3.28. The summed E-state index contributed by atoms with van der Waals surface area (Å²) in [6.45, 7) is 3.91. The number of ether oxygens (including phenoxy) is 1. The highest BCUT2D eigenvalue weighted by Crippen LogP contribution is 2.27. The molecule has 0 saturated carbocycles. The second kappa shape index (κ2) is 15.4. The molecule has 4 aromatic carbocycles. The van der Waals surface area contributed by atoms with Gasteiger partial charge in [-0.15, -0.1) is 0 Å². The van der Waals surface area contributed by atoms with Gasteiger partial charge in [0.1, 0.15) is 18.3 Å². The van der Waals surface area contributed by atoms with E-state index in [-0.39, 0.29) is 29.5 Å².